The number of amides is 1. The molecule has 0 fully saturated rings. The van der Waals surface area contributed by atoms with Crippen molar-refractivity contribution in [2.24, 2.45) is 0 Å². The fraction of sp³-hybridized carbons (Fsp3) is 0.200. The van der Waals surface area contributed by atoms with Crippen LogP contribution in [0.5, 0.6) is 5.75 Å². The Morgan fingerprint density at radius 3 is 2.33 bits per heavy atom. The molecule has 152 valence electrons. The topological polar surface area (TPSA) is 67.0 Å². The number of anilines is 1. The summed E-state index contributed by atoms with van der Waals surface area (Å²) >= 11 is 0. The molecule has 0 bridgehead atoms. The molecule has 0 unspecified atom stereocenters. The average molecular weight is 399 g/mol. The Morgan fingerprint density at radius 2 is 1.70 bits per heavy atom. The molecule has 0 radical (unpaired) electrons. The maximum Gasteiger partial charge on any atom is 0.266 e. The summed E-state index contributed by atoms with van der Waals surface area (Å²) in [6.45, 7) is 7.97. The number of carbonyl (C=O) groups excluding carboxylic acids is 1. The predicted octanol–water partition coefficient (Wildman–Crippen LogP) is 5.27. The van der Waals surface area contributed by atoms with Gasteiger partial charge < -0.3 is 14.6 Å². The second kappa shape index (κ2) is 8.71. The molecular formula is C25H25N3O2. The first-order chi connectivity index (χ1) is 14.3. The van der Waals surface area contributed by atoms with Crippen LogP contribution in [0.4, 0.5) is 5.69 Å². The summed E-state index contributed by atoms with van der Waals surface area (Å²) in [7, 11) is 1.54. The quantitative estimate of drug-likeness (QED) is 0.470. The van der Waals surface area contributed by atoms with Gasteiger partial charge in [-0.25, -0.2) is 0 Å². The SMILES string of the molecule is COc1ccc(C)cc1NC(=O)/C(C#N)=C/c1cc(C)n(-c2ccc(C)cc2)c1C. The molecule has 0 aliphatic rings. The molecule has 0 aliphatic heterocycles. The first-order valence-corrected chi connectivity index (χ1v) is 9.68. The lowest BCUT2D eigenvalue weighted by Gasteiger charge is -2.11. The van der Waals surface area contributed by atoms with Crippen LogP contribution in [0.2, 0.25) is 0 Å². The summed E-state index contributed by atoms with van der Waals surface area (Å²) in [5, 5.41) is 12.4. The molecule has 2 aromatic carbocycles. The molecule has 1 N–H and O–H groups in total. The van der Waals surface area contributed by atoms with Gasteiger partial charge in [0.25, 0.3) is 5.91 Å². The molecule has 5 heteroatoms. The number of aromatic nitrogens is 1. The third kappa shape index (κ3) is 4.28. The number of rotatable bonds is 5. The molecule has 1 aromatic heterocycles. The zero-order valence-corrected chi connectivity index (χ0v) is 17.9. The number of nitriles is 1. The van der Waals surface area contributed by atoms with Crippen LogP contribution in [-0.2, 0) is 4.79 Å². The summed E-state index contributed by atoms with van der Waals surface area (Å²) < 4.78 is 7.42. The first kappa shape index (κ1) is 20.9. The van der Waals surface area contributed by atoms with Crippen LogP contribution in [0.3, 0.4) is 0 Å². The molecule has 0 atom stereocenters. The van der Waals surface area contributed by atoms with Crippen LogP contribution in [-0.4, -0.2) is 17.6 Å². The number of benzene rings is 2. The average Bonchev–Trinajstić information content (AvgIpc) is 3.00. The van der Waals surface area contributed by atoms with Crippen LogP contribution < -0.4 is 10.1 Å². The molecule has 3 aromatic rings. The second-order valence-corrected chi connectivity index (χ2v) is 7.33. The van der Waals surface area contributed by atoms with Crippen LogP contribution >= 0.6 is 0 Å². The summed E-state index contributed by atoms with van der Waals surface area (Å²) in [6.07, 6.45) is 1.63. The molecule has 0 saturated carbocycles. The van der Waals surface area contributed by atoms with E-state index in [0.717, 1.165) is 28.2 Å². The fourth-order valence-corrected chi connectivity index (χ4v) is 3.44. The lowest BCUT2D eigenvalue weighted by molar-refractivity contribution is -0.112. The van der Waals surface area contributed by atoms with E-state index in [1.54, 1.807) is 19.3 Å². The Morgan fingerprint density at radius 1 is 1.03 bits per heavy atom. The van der Waals surface area contributed by atoms with E-state index in [-0.39, 0.29) is 5.57 Å². The minimum absolute atomic E-state index is 0.0303. The molecule has 30 heavy (non-hydrogen) atoms. The highest BCUT2D eigenvalue weighted by Crippen LogP contribution is 2.27. The summed E-state index contributed by atoms with van der Waals surface area (Å²) in [5.41, 5.74) is 6.60. The van der Waals surface area contributed by atoms with E-state index in [1.165, 1.54) is 5.56 Å². The zero-order valence-electron chi connectivity index (χ0n) is 17.9. The lowest BCUT2D eigenvalue weighted by atomic mass is 10.1. The van der Waals surface area contributed by atoms with Crippen molar-refractivity contribution < 1.29 is 9.53 Å². The van der Waals surface area contributed by atoms with Crippen LogP contribution in [0.1, 0.15) is 28.1 Å². The highest BCUT2D eigenvalue weighted by molar-refractivity contribution is 6.10. The van der Waals surface area contributed by atoms with Crippen molar-refractivity contribution >= 4 is 17.7 Å². The van der Waals surface area contributed by atoms with Gasteiger partial charge in [-0.1, -0.05) is 23.8 Å². The molecule has 1 amide bonds. The van der Waals surface area contributed by atoms with Gasteiger partial charge in [0.1, 0.15) is 17.4 Å². The van der Waals surface area contributed by atoms with Gasteiger partial charge in [-0.2, -0.15) is 5.26 Å². The number of carbonyl (C=O) groups is 1. The minimum atomic E-state index is -0.471. The van der Waals surface area contributed by atoms with E-state index in [9.17, 15) is 10.1 Å². The van der Waals surface area contributed by atoms with E-state index in [2.05, 4.69) is 34.1 Å². The minimum Gasteiger partial charge on any atom is -0.495 e. The van der Waals surface area contributed by atoms with E-state index < -0.39 is 5.91 Å². The molecule has 5 nitrogen and oxygen atoms in total. The number of ether oxygens (including phenoxy) is 1. The van der Waals surface area contributed by atoms with Crippen molar-refractivity contribution in [2.45, 2.75) is 27.7 Å². The van der Waals surface area contributed by atoms with E-state index in [1.807, 2.05) is 52.0 Å². The molecule has 0 spiro atoms. The van der Waals surface area contributed by atoms with Crippen molar-refractivity contribution in [3.8, 4) is 17.5 Å². The number of hydrogen-bond acceptors (Lipinski definition) is 3. The predicted molar refractivity (Wildman–Crippen MR) is 120 cm³/mol. The molecule has 1 heterocycles. The molecular weight excluding hydrogens is 374 g/mol. The normalized spacial score (nSPS) is 11.1. The van der Waals surface area contributed by atoms with E-state index in [0.29, 0.717) is 11.4 Å². The summed E-state index contributed by atoms with van der Waals surface area (Å²) in [5.74, 6) is 0.0744. The van der Waals surface area contributed by atoms with Crippen molar-refractivity contribution in [1.29, 1.82) is 5.26 Å². The Bertz CT molecular complexity index is 1160. The van der Waals surface area contributed by atoms with Gasteiger partial charge in [0.15, 0.2) is 0 Å². The van der Waals surface area contributed by atoms with Crippen LogP contribution in [0, 0.1) is 39.0 Å². The largest absolute Gasteiger partial charge is 0.495 e. The summed E-state index contributed by atoms with van der Waals surface area (Å²) in [6, 6.07) is 17.8. The summed E-state index contributed by atoms with van der Waals surface area (Å²) in [4.78, 5) is 12.8. The van der Waals surface area contributed by atoms with Crippen LogP contribution in [0.15, 0.2) is 54.1 Å². The van der Waals surface area contributed by atoms with Crippen LogP contribution in [0.25, 0.3) is 11.8 Å². The number of hydrogen-bond donors (Lipinski definition) is 1. The van der Waals surface area contributed by atoms with E-state index in [4.69, 9.17) is 4.74 Å². The Hall–Kier alpha value is -3.78. The maximum absolute atomic E-state index is 12.8. The Kier molecular flexibility index (Phi) is 6.08. The fourth-order valence-electron chi connectivity index (χ4n) is 3.44. The van der Waals surface area contributed by atoms with Gasteiger partial charge in [-0.15, -0.1) is 0 Å². The number of methoxy groups -OCH3 is 1. The lowest BCUT2D eigenvalue weighted by Crippen LogP contribution is -2.14. The van der Waals surface area contributed by atoms with Crippen molar-refractivity contribution in [1.82, 2.24) is 4.57 Å². The number of nitrogens with one attached hydrogen (secondary N) is 1. The monoisotopic (exact) mass is 399 g/mol. The third-order valence-corrected chi connectivity index (χ3v) is 5.03. The second-order valence-electron chi connectivity index (χ2n) is 7.33. The number of aryl methyl sites for hydroxylation is 3. The van der Waals surface area contributed by atoms with Crippen molar-refractivity contribution in [3.05, 3.63) is 82.2 Å². The van der Waals surface area contributed by atoms with Gasteiger partial charge in [0.2, 0.25) is 0 Å². The molecule has 0 saturated heterocycles. The maximum atomic E-state index is 12.8. The van der Waals surface area contributed by atoms with Crippen molar-refractivity contribution in [3.63, 3.8) is 0 Å². The van der Waals surface area contributed by atoms with Gasteiger partial charge in [-0.05, 0) is 75.2 Å². The first-order valence-electron chi connectivity index (χ1n) is 9.68. The molecule has 3 rings (SSSR count). The van der Waals surface area contributed by atoms with Gasteiger partial charge in [0.05, 0.1) is 12.8 Å². The van der Waals surface area contributed by atoms with Gasteiger partial charge in [0, 0.05) is 17.1 Å². The highest BCUT2D eigenvalue weighted by atomic mass is 16.5. The number of nitrogens with zero attached hydrogens (tertiary/aromatic N) is 2. The van der Waals surface area contributed by atoms with Crippen molar-refractivity contribution in [2.75, 3.05) is 12.4 Å². The Labute approximate surface area is 177 Å². The van der Waals surface area contributed by atoms with Gasteiger partial charge in [-0.3, -0.25) is 4.79 Å². The van der Waals surface area contributed by atoms with Gasteiger partial charge >= 0.3 is 0 Å². The highest BCUT2D eigenvalue weighted by Gasteiger charge is 2.15. The zero-order chi connectivity index (χ0) is 21.8. The molecule has 0 aliphatic carbocycles. The Balaban J connectivity index is 1.94. The smallest absolute Gasteiger partial charge is 0.266 e. The third-order valence-electron chi connectivity index (χ3n) is 5.03. The standard InChI is InChI=1S/C25H25N3O2/c1-16-6-9-22(10-7-16)28-18(3)13-20(19(28)4)14-21(15-26)25(29)27-23-12-17(2)8-11-24(23)30-5/h6-14H,1-5H3,(H,27,29)/b21-14+. The van der Waals surface area contributed by atoms with E-state index >= 15 is 0 Å².